The van der Waals surface area contributed by atoms with Crippen molar-refractivity contribution in [2.24, 2.45) is 7.05 Å². The molecule has 3 rings (SSSR count). The molecule has 0 aliphatic rings. The van der Waals surface area contributed by atoms with Crippen molar-refractivity contribution < 1.29 is 19.8 Å². The molecule has 0 bridgehead atoms. The van der Waals surface area contributed by atoms with Crippen LogP contribution in [0.4, 0.5) is 0 Å². The lowest BCUT2D eigenvalue weighted by molar-refractivity contribution is -0.136. The van der Waals surface area contributed by atoms with E-state index in [4.69, 9.17) is 5.11 Å². The number of carbonyl (C=O) groups excluding carboxylic acids is 1. The fraction of sp³-hybridized carbons (Fsp3) is 0.190. The van der Waals surface area contributed by atoms with E-state index in [1.807, 2.05) is 37.3 Å². The quantitative estimate of drug-likeness (QED) is 0.677. The number of nitrogens with zero attached hydrogens (tertiary/aromatic N) is 1. The number of carbonyl (C=O) groups is 2. The number of benzene rings is 2. The highest BCUT2D eigenvalue weighted by molar-refractivity contribution is 6.05. The molecule has 0 spiro atoms. The molecule has 0 fully saturated rings. The number of aromatic hydroxyl groups is 1. The van der Waals surface area contributed by atoms with Gasteiger partial charge in [-0.3, -0.25) is 14.4 Å². The van der Waals surface area contributed by atoms with E-state index in [1.54, 1.807) is 12.1 Å². The van der Waals surface area contributed by atoms with Gasteiger partial charge < -0.3 is 14.8 Å². The Labute approximate surface area is 155 Å². The number of aliphatic carboxylic acids is 1. The maximum absolute atomic E-state index is 12.6. The second-order valence-electron chi connectivity index (χ2n) is 6.45. The molecule has 0 amide bonds. The lowest BCUT2D eigenvalue weighted by atomic mass is 9.96. The van der Waals surface area contributed by atoms with Gasteiger partial charge in [-0.1, -0.05) is 30.3 Å². The second kappa shape index (κ2) is 7.07. The molecule has 6 nitrogen and oxygen atoms in total. The number of carboxylic acid groups (broad SMARTS) is 1. The van der Waals surface area contributed by atoms with Gasteiger partial charge in [0.1, 0.15) is 11.3 Å². The Morgan fingerprint density at radius 2 is 1.74 bits per heavy atom. The number of aryl methyl sites for hydroxylation is 2. The summed E-state index contributed by atoms with van der Waals surface area (Å²) >= 11 is 0. The summed E-state index contributed by atoms with van der Waals surface area (Å²) in [5.74, 6) is -2.22. The summed E-state index contributed by atoms with van der Waals surface area (Å²) in [7, 11) is 1.53. The molecule has 1 aromatic heterocycles. The molecule has 0 saturated carbocycles. The SMILES string of the molecule is Cc1cc2c(cc1-c1ccccc1)c(O)c(C(=O)CCC(=O)O)c(=O)n2C. The summed E-state index contributed by atoms with van der Waals surface area (Å²) in [4.78, 5) is 35.7. The summed E-state index contributed by atoms with van der Waals surface area (Å²) in [6.45, 7) is 1.91. The minimum Gasteiger partial charge on any atom is -0.506 e. The van der Waals surface area contributed by atoms with Crippen LogP contribution in [0.3, 0.4) is 0 Å². The van der Waals surface area contributed by atoms with Crippen molar-refractivity contribution in [1.82, 2.24) is 4.57 Å². The summed E-state index contributed by atoms with van der Waals surface area (Å²) in [6.07, 6.45) is -0.746. The Morgan fingerprint density at radius 3 is 2.37 bits per heavy atom. The monoisotopic (exact) mass is 365 g/mol. The van der Waals surface area contributed by atoms with Crippen molar-refractivity contribution in [3.63, 3.8) is 0 Å². The maximum atomic E-state index is 12.6. The molecule has 0 unspecified atom stereocenters. The van der Waals surface area contributed by atoms with E-state index in [1.165, 1.54) is 11.6 Å². The zero-order valence-electron chi connectivity index (χ0n) is 15.0. The van der Waals surface area contributed by atoms with E-state index in [0.29, 0.717) is 10.9 Å². The van der Waals surface area contributed by atoms with Gasteiger partial charge in [0.25, 0.3) is 5.56 Å². The summed E-state index contributed by atoms with van der Waals surface area (Å²) in [5, 5.41) is 19.8. The summed E-state index contributed by atoms with van der Waals surface area (Å²) < 4.78 is 1.31. The van der Waals surface area contributed by atoms with Gasteiger partial charge in [-0.15, -0.1) is 0 Å². The normalized spacial score (nSPS) is 10.9. The van der Waals surface area contributed by atoms with E-state index in [-0.39, 0.29) is 12.0 Å². The Morgan fingerprint density at radius 1 is 1.07 bits per heavy atom. The average molecular weight is 365 g/mol. The predicted octanol–water partition coefficient (Wildman–Crippen LogP) is 3.27. The third-order valence-electron chi connectivity index (χ3n) is 4.64. The van der Waals surface area contributed by atoms with Crippen molar-refractivity contribution in [3.8, 4) is 16.9 Å². The molecule has 27 heavy (non-hydrogen) atoms. The van der Waals surface area contributed by atoms with Gasteiger partial charge in [-0.2, -0.15) is 0 Å². The van der Waals surface area contributed by atoms with E-state index in [9.17, 15) is 19.5 Å². The van der Waals surface area contributed by atoms with Gasteiger partial charge in [0, 0.05) is 18.9 Å². The molecule has 3 aromatic rings. The molecule has 0 saturated heterocycles. The molecule has 2 aromatic carbocycles. The van der Waals surface area contributed by atoms with Crippen molar-refractivity contribution >= 4 is 22.7 Å². The van der Waals surface area contributed by atoms with Crippen molar-refractivity contribution in [2.75, 3.05) is 0 Å². The number of carboxylic acids is 1. The molecular formula is C21H19NO5. The topological polar surface area (TPSA) is 96.6 Å². The van der Waals surface area contributed by atoms with E-state index >= 15 is 0 Å². The van der Waals surface area contributed by atoms with Gasteiger partial charge in [-0.05, 0) is 35.7 Å². The molecule has 0 atom stereocenters. The van der Waals surface area contributed by atoms with Crippen LogP contribution in [0.2, 0.25) is 0 Å². The van der Waals surface area contributed by atoms with Gasteiger partial charge in [0.2, 0.25) is 0 Å². The van der Waals surface area contributed by atoms with Crippen LogP contribution >= 0.6 is 0 Å². The van der Waals surface area contributed by atoms with Crippen LogP contribution in [0.5, 0.6) is 5.75 Å². The first kappa shape index (κ1) is 18.4. The highest BCUT2D eigenvalue weighted by Crippen LogP contribution is 2.33. The first-order chi connectivity index (χ1) is 12.8. The van der Waals surface area contributed by atoms with Gasteiger partial charge >= 0.3 is 5.97 Å². The van der Waals surface area contributed by atoms with Gasteiger partial charge in [-0.25, -0.2) is 0 Å². The third kappa shape index (κ3) is 3.33. The van der Waals surface area contributed by atoms with Crippen LogP contribution in [0.15, 0.2) is 47.3 Å². The molecule has 0 radical (unpaired) electrons. The fourth-order valence-corrected chi connectivity index (χ4v) is 3.20. The lowest BCUT2D eigenvalue weighted by Crippen LogP contribution is -2.25. The number of hydrogen-bond acceptors (Lipinski definition) is 4. The molecule has 0 aliphatic carbocycles. The van der Waals surface area contributed by atoms with Gasteiger partial charge in [0.15, 0.2) is 5.78 Å². The Bertz CT molecular complexity index is 1110. The molecule has 138 valence electrons. The molecular weight excluding hydrogens is 346 g/mol. The average Bonchev–Trinajstić information content (AvgIpc) is 2.65. The van der Waals surface area contributed by atoms with E-state index in [2.05, 4.69) is 0 Å². The first-order valence-electron chi connectivity index (χ1n) is 8.48. The molecule has 2 N–H and O–H groups in total. The highest BCUT2D eigenvalue weighted by Gasteiger charge is 2.22. The predicted molar refractivity (Wildman–Crippen MR) is 102 cm³/mol. The second-order valence-corrected chi connectivity index (χ2v) is 6.45. The van der Waals surface area contributed by atoms with Crippen LogP contribution in [0, 0.1) is 6.92 Å². The summed E-state index contributed by atoms with van der Waals surface area (Å²) in [5.41, 5.74) is 2.25. The fourth-order valence-electron chi connectivity index (χ4n) is 3.20. The Balaban J connectivity index is 2.25. The van der Waals surface area contributed by atoms with E-state index in [0.717, 1.165) is 16.7 Å². The third-order valence-corrected chi connectivity index (χ3v) is 4.64. The first-order valence-corrected chi connectivity index (χ1v) is 8.48. The number of rotatable bonds is 5. The molecule has 0 aliphatic heterocycles. The Kier molecular flexibility index (Phi) is 4.81. The van der Waals surface area contributed by atoms with Gasteiger partial charge in [0.05, 0.1) is 11.9 Å². The minimum atomic E-state index is -1.14. The van der Waals surface area contributed by atoms with Crippen LogP contribution in [-0.2, 0) is 11.8 Å². The van der Waals surface area contributed by atoms with Crippen LogP contribution in [0.1, 0.15) is 28.8 Å². The number of pyridine rings is 1. The maximum Gasteiger partial charge on any atom is 0.303 e. The summed E-state index contributed by atoms with van der Waals surface area (Å²) in [6, 6.07) is 13.1. The largest absolute Gasteiger partial charge is 0.506 e. The standard InChI is InChI=1S/C21H19NO5/c1-12-10-16-15(11-14(12)13-6-4-3-5-7-13)20(26)19(21(27)22(16)2)17(23)8-9-18(24)25/h3-7,10-11,26H,8-9H2,1-2H3,(H,24,25). The van der Waals surface area contributed by atoms with Crippen LogP contribution in [-0.4, -0.2) is 26.5 Å². The van der Waals surface area contributed by atoms with Crippen molar-refractivity contribution in [3.05, 3.63) is 63.9 Å². The number of ketones is 1. The van der Waals surface area contributed by atoms with Crippen molar-refractivity contribution in [2.45, 2.75) is 19.8 Å². The number of hydrogen-bond donors (Lipinski definition) is 2. The van der Waals surface area contributed by atoms with Crippen LogP contribution < -0.4 is 5.56 Å². The van der Waals surface area contributed by atoms with Crippen LogP contribution in [0.25, 0.3) is 22.0 Å². The minimum absolute atomic E-state index is 0.346. The number of Topliss-reactive ketones (excluding diaryl/α,β-unsaturated/α-hetero) is 1. The number of fused-ring (bicyclic) bond motifs is 1. The lowest BCUT2D eigenvalue weighted by Gasteiger charge is -2.14. The Hall–Kier alpha value is -3.41. The zero-order valence-corrected chi connectivity index (χ0v) is 15.0. The smallest absolute Gasteiger partial charge is 0.303 e. The molecule has 1 heterocycles. The highest BCUT2D eigenvalue weighted by atomic mass is 16.4. The van der Waals surface area contributed by atoms with E-state index < -0.39 is 29.5 Å². The molecule has 6 heteroatoms. The number of aromatic nitrogens is 1. The van der Waals surface area contributed by atoms with Crippen molar-refractivity contribution in [1.29, 1.82) is 0 Å². The zero-order chi connectivity index (χ0) is 19.7.